The molecule has 2 amide bonds. The highest BCUT2D eigenvalue weighted by Crippen LogP contribution is 2.32. The van der Waals surface area contributed by atoms with E-state index >= 15 is 0 Å². The van der Waals surface area contributed by atoms with Crippen LogP contribution in [0.1, 0.15) is 16.1 Å². The zero-order chi connectivity index (χ0) is 19.5. The fourth-order valence-corrected chi connectivity index (χ4v) is 3.20. The minimum atomic E-state index is -0.358. The molecule has 2 aromatic carbocycles. The van der Waals surface area contributed by atoms with E-state index in [1.807, 2.05) is 6.07 Å². The number of rotatable bonds is 4. The van der Waals surface area contributed by atoms with E-state index < -0.39 is 0 Å². The SMILES string of the molecule is O=C(Cc1ccc(F)cc1)Nc1c(C(=O)N2CCOCC2)oc2ccccc12. The third-order valence-electron chi connectivity index (χ3n) is 4.63. The molecule has 28 heavy (non-hydrogen) atoms. The number of nitrogens with one attached hydrogen (secondary N) is 1. The molecule has 0 spiro atoms. The van der Waals surface area contributed by atoms with Crippen molar-refractivity contribution in [1.29, 1.82) is 0 Å². The van der Waals surface area contributed by atoms with Gasteiger partial charge in [-0.05, 0) is 29.8 Å². The second-order valence-electron chi connectivity index (χ2n) is 6.56. The first kappa shape index (κ1) is 18.2. The molecule has 1 fully saturated rings. The van der Waals surface area contributed by atoms with E-state index in [-0.39, 0.29) is 29.8 Å². The number of morpholine rings is 1. The minimum absolute atomic E-state index is 0.0605. The molecule has 1 aliphatic heterocycles. The van der Waals surface area contributed by atoms with Crippen molar-refractivity contribution in [2.24, 2.45) is 0 Å². The number of nitrogens with zero attached hydrogens (tertiary/aromatic N) is 1. The van der Waals surface area contributed by atoms with Gasteiger partial charge in [0.15, 0.2) is 0 Å². The van der Waals surface area contributed by atoms with Gasteiger partial charge in [-0.1, -0.05) is 24.3 Å². The predicted molar refractivity (Wildman–Crippen MR) is 102 cm³/mol. The van der Waals surface area contributed by atoms with Crippen LogP contribution in [0.2, 0.25) is 0 Å². The molecule has 7 heteroatoms. The molecule has 4 rings (SSSR count). The lowest BCUT2D eigenvalue weighted by molar-refractivity contribution is -0.115. The molecular formula is C21H19FN2O4. The van der Waals surface area contributed by atoms with Gasteiger partial charge in [0.05, 0.1) is 19.6 Å². The average molecular weight is 382 g/mol. The second kappa shape index (κ2) is 7.82. The summed E-state index contributed by atoms with van der Waals surface area (Å²) in [6.07, 6.45) is 0.0605. The number of hydrogen-bond donors (Lipinski definition) is 1. The largest absolute Gasteiger partial charge is 0.449 e. The van der Waals surface area contributed by atoms with E-state index in [1.54, 1.807) is 35.2 Å². The van der Waals surface area contributed by atoms with Gasteiger partial charge in [-0.3, -0.25) is 9.59 Å². The smallest absolute Gasteiger partial charge is 0.291 e. The standard InChI is InChI=1S/C21H19FN2O4/c22-15-7-5-14(6-8-15)13-18(25)23-19-16-3-1-2-4-17(16)28-20(19)21(26)24-9-11-27-12-10-24/h1-8H,9-13H2,(H,23,25). The summed E-state index contributed by atoms with van der Waals surface area (Å²) in [7, 11) is 0. The van der Waals surface area contributed by atoms with Crippen LogP contribution in [-0.4, -0.2) is 43.0 Å². The highest BCUT2D eigenvalue weighted by molar-refractivity contribution is 6.11. The summed E-state index contributed by atoms with van der Waals surface area (Å²) in [6.45, 7) is 1.88. The first-order chi connectivity index (χ1) is 13.6. The van der Waals surface area contributed by atoms with Crippen LogP contribution in [0.3, 0.4) is 0 Å². The van der Waals surface area contributed by atoms with Crippen molar-refractivity contribution >= 4 is 28.5 Å². The molecule has 3 aromatic rings. The molecule has 2 heterocycles. The number of halogens is 1. The summed E-state index contributed by atoms with van der Waals surface area (Å²) >= 11 is 0. The number of benzene rings is 2. The van der Waals surface area contributed by atoms with Gasteiger partial charge in [0, 0.05) is 18.5 Å². The lowest BCUT2D eigenvalue weighted by atomic mass is 10.1. The van der Waals surface area contributed by atoms with E-state index in [4.69, 9.17) is 9.15 Å². The molecule has 0 unspecified atom stereocenters. The van der Waals surface area contributed by atoms with Gasteiger partial charge in [-0.15, -0.1) is 0 Å². The van der Waals surface area contributed by atoms with Crippen molar-refractivity contribution in [3.05, 3.63) is 65.7 Å². The number of fused-ring (bicyclic) bond motifs is 1. The van der Waals surface area contributed by atoms with Crippen LogP contribution >= 0.6 is 0 Å². The van der Waals surface area contributed by atoms with Gasteiger partial charge in [0.2, 0.25) is 11.7 Å². The normalized spacial score (nSPS) is 14.2. The maximum Gasteiger partial charge on any atom is 0.291 e. The third-order valence-corrected chi connectivity index (χ3v) is 4.63. The summed E-state index contributed by atoms with van der Waals surface area (Å²) in [4.78, 5) is 27.2. The average Bonchev–Trinajstić information content (AvgIpc) is 3.08. The van der Waals surface area contributed by atoms with Crippen LogP contribution in [-0.2, 0) is 16.0 Å². The Labute approximate surface area is 160 Å². The number of ether oxygens (including phenoxy) is 1. The van der Waals surface area contributed by atoms with Crippen molar-refractivity contribution in [2.45, 2.75) is 6.42 Å². The summed E-state index contributed by atoms with van der Waals surface area (Å²) in [5, 5.41) is 3.47. The van der Waals surface area contributed by atoms with E-state index in [0.717, 1.165) is 0 Å². The zero-order valence-corrected chi connectivity index (χ0v) is 15.1. The van der Waals surface area contributed by atoms with Crippen molar-refractivity contribution in [3.63, 3.8) is 0 Å². The number of hydrogen-bond acceptors (Lipinski definition) is 4. The van der Waals surface area contributed by atoms with Crippen LogP contribution in [0.25, 0.3) is 11.0 Å². The van der Waals surface area contributed by atoms with E-state index in [1.165, 1.54) is 12.1 Å². The Morgan fingerprint density at radius 3 is 2.50 bits per heavy atom. The Morgan fingerprint density at radius 1 is 1.04 bits per heavy atom. The number of furan rings is 1. The Kier molecular flexibility index (Phi) is 5.08. The van der Waals surface area contributed by atoms with Crippen molar-refractivity contribution in [3.8, 4) is 0 Å². The number of carbonyl (C=O) groups is 2. The first-order valence-electron chi connectivity index (χ1n) is 9.04. The summed E-state index contributed by atoms with van der Waals surface area (Å²) < 4.78 is 24.1. The Hall–Kier alpha value is -3.19. The molecule has 1 aromatic heterocycles. The lowest BCUT2D eigenvalue weighted by Crippen LogP contribution is -2.40. The third kappa shape index (κ3) is 3.75. The monoisotopic (exact) mass is 382 g/mol. The first-order valence-corrected chi connectivity index (χ1v) is 9.04. The van der Waals surface area contributed by atoms with Gasteiger partial charge in [0.25, 0.3) is 5.91 Å². The fourth-order valence-electron chi connectivity index (χ4n) is 3.20. The van der Waals surface area contributed by atoms with Crippen molar-refractivity contribution < 1.29 is 23.1 Å². The molecule has 0 bridgehead atoms. The number of para-hydroxylation sites is 1. The van der Waals surface area contributed by atoms with Crippen molar-refractivity contribution in [1.82, 2.24) is 4.90 Å². The maximum absolute atomic E-state index is 13.1. The van der Waals surface area contributed by atoms with Gasteiger partial charge in [-0.2, -0.15) is 0 Å². The topological polar surface area (TPSA) is 71.8 Å². The van der Waals surface area contributed by atoms with Crippen LogP contribution in [0.15, 0.2) is 52.9 Å². The Balaban J connectivity index is 1.62. The van der Waals surface area contributed by atoms with Gasteiger partial charge >= 0.3 is 0 Å². The van der Waals surface area contributed by atoms with Crippen molar-refractivity contribution in [2.75, 3.05) is 31.6 Å². The maximum atomic E-state index is 13.1. The Bertz CT molecular complexity index is 1010. The summed E-state index contributed by atoms with van der Waals surface area (Å²) in [6, 6.07) is 12.9. The molecule has 0 aliphatic carbocycles. The molecule has 1 saturated heterocycles. The molecule has 0 radical (unpaired) electrons. The molecule has 1 N–H and O–H groups in total. The number of carbonyl (C=O) groups excluding carboxylic acids is 2. The van der Waals surface area contributed by atoms with E-state index in [9.17, 15) is 14.0 Å². The molecule has 6 nitrogen and oxygen atoms in total. The van der Waals surface area contributed by atoms with Crippen LogP contribution in [0.4, 0.5) is 10.1 Å². The van der Waals surface area contributed by atoms with Crippen LogP contribution in [0.5, 0.6) is 0 Å². The summed E-state index contributed by atoms with van der Waals surface area (Å²) in [5.41, 5.74) is 1.56. The van der Waals surface area contributed by atoms with Crippen LogP contribution in [0, 0.1) is 5.82 Å². The molecular weight excluding hydrogens is 363 g/mol. The summed E-state index contributed by atoms with van der Waals surface area (Å²) in [5.74, 6) is -0.843. The Morgan fingerprint density at radius 2 is 1.75 bits per heavy atom. The highest BCUT2D eigenvalue weighted by atomic mass is 19.1. The van der Waals surface area contributed by atoms with Crippen LogP contribution < -0.4 is 5.32 Å². The van der Waals surface area contributed by atoms with Gasteiger partial charge in [-0.25, -0.2) is 4.39 Å². The zero-order valence-electron chi connectivity index (χ0n) is 15.1. The molecule has 0 saturated carbocycles. The van der Waals surface area contributed by atoms with Gasteiger partial charge < -0.3 is 19.4 Å². The molecule has 144 valence electrons. The minimum Gasteiger partial charge on any atom is -0.449 e. The fraction of sp³-hybridized carbons (Fsp3) is 0.238. The van der Waals surface area contributed by atoms with E-state index in [2.05, 4.69) is 5.32 Å². The second-order valence-corrected chi connectivity index (χ2v) is 6.56. The number of amides is 2. The quantitative estimate of drug-likeness (QED) is 0.752. The molecule has 1 aliphatic rings. The number of anilines is 1. The van der Waals surface area contributed by atoms with Gasteiger partial charge in [0.1, 0.15) is 17.1 Å². The van der Waals surface area contributed by atoms with E-state index in [0.29, 0.717) is 48.5 Å². The molecule has 0 atom stereocenters. The lowest BCUT2D eigenvalue weighted by Gasteiger charge is -2.26. The predicted octanol–water partition coefficient (Wildman–Crippen LogP) is 3.23. The highest BCUT2D eigenvalue weighted by Gasteiger charge is 2.27.